The van der Waals surface area contributed by atoms with E-state index in [0.717, 1.165) is 32.5 Å². The van der Waals surface area contributed by atoms with Crippen LogP contribution in [0.2, 0.25) is 0 Å². The first-order valence-corrected chi connectivity index (χ1v) is 9.35. The number of benzene rings is 2. The summed E-state index contributed by atoms with van der Waals surface area (Å²) in [5.74, 6) is 2.54. The molecule has 0 spiro atoms. The molecule has 0 bridgehead atoms. The summed E-state index contributed by atoms with van der Waals surface area (Å²) in [5.41, 5.74) is 2.36. The number of nitrogens with zero attached hydrogens (tertiary/aromatic N) is 3. The predicted octanol–water partition coefficient (Wildman–Crippen LogP) is 4.76. The van der Waals surface area contributed by atoms with Crippen LogP contribution in [0.4, 0.5) is 0 Å². The number of halogens is 1. The summed E-state index contributed by atoms with van der Waals surface area (Å²) in [6, 6.07) is 16.3. The van der Waals surface area contributed by atoms with Crippen molar-refractivity contribution in [2.24, 2.45) is 7.05 Å². The lowest BCUT2D eigenvalue weighted by Crippen LogP contribution is -2.04. The highest BCUT2D eigenvalue weighted by Gasteiger charge is 2.10. The second kappa shape index (κ2) is 7.85. The Morgan fingerprint density at radius 1 is 1.12 bits per heavy atom. The van der Waals surface area contributed by atoms with Gasteiger partial charge in [0.1, 0.15) is 12.4 Å². The standard InChI is InChI=1S/C18H18BrN3OS/c1-13-6-3-4-9-16(13)23-11-17-20-21-18(22(17)2)24-12-14-7-5-8-15(19)10-14/h3-10H,11-12H2,1-2H3. The van der Waals surface area contributed by atoms with E-state index >= 15 is 0 Å². The fourth-order valence-corrected chi connectivity index (χ4v) is 3.55. The Bertz CT molecular complexity index is 835. The molecule has 0 fully saturated rings. The Kier molecular flexibility index (Phi) is 5.58. The Morgan fingerprint density at radius 2 is 1.96 bits per heavy atom. The van der Waals surface area contributed by atoms with Crippen LogP contribution in [0.25, 0.3) is 0 Å². The Balaban J connectivity index is 1.62. The fraction of sp³-hybridized carbons (Fsp3) is 0.222. The number of hydrogen-bond donors (Lipinski definition) is 0. The van der Waals surface area contributed by atoms with Crippen LogP contribution in [0, 0.1) is 6.92 Å². The van der Waals surface area contributed by atoms with Gasteiger partial charge in [0.2, 0.25) is 0 Å². The topological polar surface area (TPSA) is 39.9 Å². The average Bonchev–Trinajstić information content (AvgIpc) is 2.92. The summed E-state index contributed by atoms with van der Waals surface area (Å²) in [6.07, 6.45) is 0. The van der Waals surface area contributed by atoms with E-state index in [1.165, 1.54) is 5.56 Å². The van der Waals surface area contributed by atoms with E-state index in [1.54, 1.807) is 11.8 Å². The second-order valence-corrected chi connectivity index (χ2v) is 7.29. The zero-order chi connectivity index (χ0) is 16.9. The van der Waals surface area contributed by atoms with Crippen molar-refractivity contribution in [2.75, 3.05) is 0 Å². The van der Waals surface area contributed by atoms with Gasteiger partial charge < -0.3 is 9.30 Å². The number of thioether (sulfide) groups is 1. The lowest BCUT2D eigenvalue weighted by molar-refractivity contribution is 0.288. The maximum absolute atomic E-state index is 5.86. The van der Waals surface area contributed by atoms with Gasteiger partial charge in [0, 0.05) is 17.3 Å². The Hall–Kier alpha value is -1.79. The third kappa shape index (κ3) is 4.19. The lowest BCUT2D eigenvalue weighted by Gasteiger charge is -2.08. The van der Waals surface area contributed by atoms with E-state index in [4.69, 9.17) is 4.74 Å². The molecule has 1 heterocycles. The number of para-hydroxylation sites is 1. The van der Waals surface area contributed by atoms with Crippen molar-refractivity contribution in [1.29, 1.82) is 0 Å². The molecule has 0 unspecified atom stereocenters. The van der Waals surface area contributed by atoms with Crippen LogP contribution in [0.3, 0.4) is 0 Å². The Morgan fingerprint density at radius 3 is 2.75 bits per heavy atom. The van der Waals surface area contributed by atoms with Crippen LogP contribution in [0.1, 0.15) is 17.0 Å². The van der Waals surface area contributed by atoms with Gasteiger partial charge in [-0.1, -0.05) is 58.0 Å². The highest BCUT2D eigenvalue weighted by Crippen LogP contribution is 2.23. The van der Waals surface area contributed by atoms with Gasteiger partial charge in [0.25, 0.3) is 0 Å². The number of ether oxygens (including phenoxy) is 1. The highest BCUT2D eigenvalue weighted by molar-refractivity contribution is 9.10. The molecule has 1 aromatic heterocycles. The van der Waals surface area contributed by atoms with E-state index in [2.05, 4.69) is 38.3 Å². The molecule has 3 rings (SSSR count). The molecule has 0 N–H and O–H groups in total. The summed E-state index contributed by atoms with van der Waals surface area (Å²) >= 11 is 5.16. The lowest BCUT2D eigenvalue weighted by atomic mass is 10.2. The number of aromatic nitrogens is 3. The monoisotopic (exact) mass is 403 g/mol. The van der Waals surface area contributed by atoms with Gasteiger partial charge in [-0.15, -0.1) is 10.2 Å². The zero-order valence-electron chi connectivity index (χ0n) is 13.6. The fourth-order valence-electron chi connectivity index (χ4n) is 2.23. The summed E-state index contributed by atoms with van der Waals surface area (Å²) in [7, 11) is 1.97. The first-order chi connectivity index (χ1) is 11.6. The molecule has 124 valence electrons. The average molecular weight is 404 g/mol. The van der Waals surface area contributed by atoms with Crippen LogP contribution in [0.15, 0.2) is 58.2 Å². The molecule has 4 nitrogen and oxygen atoms in total. The largest absolute Gasteiger partial charge is 0.485 e. The molecule has 0 aliphatic carbocycles. The normalized spacial score (nSPS) is 10.8. The first-order valence-electron chi connectivity index (χ1n) is 7.57. The third-order valence-corrected chi connectivity index (χ3v) is 5.22. The van der Waals surface area contributed by atoms with E-state index in [-0.39, 0.29) is 0 Å². The number of hydrogen-bond acceptors (Lipinski definition) is 4. The van der Waals surface area contributed by atoms with Gasteiger partial charge in [0.15, 0.2) is 11.0 Å². The predicted molar refractivity (Wildman–Crippen MR) is 100 cm³/mol. The quantitative estimate of drug-likeness (QED) is 0.556. The van der Waals surface area contributed by atoms with Crippen molar-refractivity contribution in [3.63, 3.8) is 0 Å². The molecule has 3 aromatic rings. The van der Waals surface area contributed by atoms with Crippen LogP contribution in [-0.4, -0.2) is 14.8 Å². The van der Waals surface area contributed by atoms with E-state index in [9.17, 15) is 0 Å². The van der Waals surface area contributed by atoms with Crippen molar-refractivity contribution in [3.8, 4) is 5.75 Å². The molecular weight excluding hydrogens is 386 g/mol. The van der Waals surface area contributed by atoms with Crippen LogP contribution >= 0.6 is 27.7 Å². The minimum absolute atomic E-state index is 0.409. The van der Waals surface area contributed by atoms with Crippen molar-refractivity contribution in [3.05, 3.63) is 70.0 Å². The van der Waals surface area contributed by atoms with Crippen LogP contribution < -0.4 is 4.74 Å². The van der Waals surface area contributed by atoms with E-state index in [1.807, 2.05) is 54.9 Å². The molecule has 0 atom stereocenters. The molecule has 24 heavy (non-hydrogen) atoms. The minimum Gasteiger partial charge on any atom is -0.485 e. The molecule has 0 radical (unpaired) electrons. The van der Waals surface area contributed by atoms with Gasteiger partial charge >= 0.3 is 0 Å². The molecule has 0 saturated heterocycles. The minimum atomic E-state index is 0.409. The third-order valence-electron chi connectivity index (χ3n) is 3.63. The number of aryl methyl sites for hydroxylation is 1. The van der Waals surface area contributed by atoms with Crippen molar-refractivity contribution < 1.29 is 4.74 Å². The van der Waals surface area contributed by atoms with Crippen LogP contribution in [0.5, 0.6) is 5.75 Å². The van der Waals surface area contributed by atoms with Gasteiger partial charge in [-0.05, 0) is 36.2 Å². The Labute approximate surface area is 154 Å². The van der Waals surface area contributed by atoms with Crippen molar-refractivity contribution in [2.45, 2.75) is 24.4 Å². The SMILES string of the molecule is Cc1ccccc1OCc1nnc(SCc2cccc(Br)c2)n1C. The van der Waals surface area contributed by atoms with Crippen molar-refractivity contribution >= 4 is 27.7 Å². The maximum Gasteiger partial charge on any atom is 0.191 e. The van der Waals surface area contributed by atoms with Gasteiger partial charge in [0.05, 0.1) is 0 Å². The van der Waals surface area contributed by atoms with Gasteiger partial charge in [-0.25, -0.2) is 0 Å². The van der Waals surface area contributed by atoms with E-state index < -0.39 is 0 Å². The smallest absolute Gasteiger partial charge is 0.191 e. The molecule has 0 aliphatic heterocycles. The molecular formula is C18H18BrN3OS. The first kappa shape index (κ1) is 17.0. The van der Waals surface area contributed by atoms with Crippen molar-refractivity contribution in [1.82, 2.24) is 14.8 Å². The van der Waals surface area contributed by atoms with E-state index in [0.29, 0.717) is 6.61 Å². The maximum atomic E-state index is 5.86. The summed E-state index contributed by atoms with van der Waals surface area (Å²) in [4.78, 5) is 0. The summed E-state index contributed by atoms with van der Waals surface area (Å²) < 4.78 is 8.93. The number of rotatable bonds is 6. The molecule has 6 heteroatoms. The summed E-state index contributed by atoms with van der Waals surface area (Å²) in [5, 5.41) is 9.41. The highest BCUT2D eigenvalue weighted by atomic mass is 79.9. The molecule has 0 aliphatic rings. The van der Waals surface area contributed by atoms with Gasteiger partial charge in [-0.2, -0.15) is 0 Å². The summed E-state index contributed by atoms with van der Waals surface area (Å²) in [6.45, 7) is 2.44. The van der Waals surface area contributed by atoms with Gasteiger partial charge in [-0.3, -0.25) is 0 Å². The van der Waals surface area contributed by atoms with Crippen LogP contribution in [-0.2, 0) is 19.4 Å². The zero-order valence-corrected chi connectivity index (χ0v) is 16.0. The molecule has 2 aromatic carbocycles. The second-order valence-electron chi connectivity index (χ2n) is 5.43. The molecule has 0 saturated carbocycles. The molecule has 0 amide bonds.